The van der Waals surface area contributed by atoms with Gasteiger partial charge >= 0.3 is 6.03 Å². The fourth-order valence-corrected chi connectivity index (χ4v) is 6.52. The summed E-state index contributed by atoms with van der Waals surface area (Å²) >= 11 is 0. The Morgan fingerprint density at radius 2 is 1.61 bits per heavy atom. The second-order valence-corrected chi connectivity index (χ2v) is 12.9. The molecule has 1 aliphatic rings. The van der Waals surface area contributed by atoms with Gasteiger partial charge in [-0.05, 0) is 53.3 Å². The zero-order valence-electron chi connectivity index (χ0n) is 28.4. The summed E-state index contributed by atoms with van der Waals surface area (Å²) in [6, 6.07) is 31.6. The van der Waals surface area contributed by atoms with E-state index in [2.05, 4.69) is 31.2 Å². The SMILES string of the molecule is O=C(CCN1CCC(NC(=O)Nc2ccccc2-c2ccccc2)CC1)NCc1cccc(CNC[C@@H](O)c2ccc(O)c3[nH]c(=O)ccc23)c1. The van der Waals surface area contributed by atoms with E-state index in [1.165, 1.54) is 12.1 Å². The molecule has 1 saturated heterocycles. The summed E-state index contributed by atoms with van der Waals surface area (Å²) in [5, 5.41) is 34.0. The molecule has 1 aromatic heterocycles. The van der Waals surface area contributed by atoms with Crippen LogP contribution >= 0.6 is 0 Å². The van der Waals surface area contributed by atoms with Crippen molar-refractivity contribution in [3.05, 3.63) is 130 Å². The summed E-state index contributed by atoms with van der Waals surface area (Å²) in [6.45, 7) is 3.48. The van der Waals surface area contributed by atoms with Crippen molar-refractivity contribution in [1.29, 1.82) is 0 Å². The Labute approximate surface area is 296 Å². The number of aliphatic hydroxyl groups is 1. The molecule has 6 rings (SSSR count). The van der Waals surface area contributed by atoms with Crippen molar-refractivity contribution in [1.82, 2.24) is 25.8 Å². The minimum atomic E-state index is -0.851. The number of para-hydroxylation sites is 1. The number of aromatic nitrogens is 1. The standard InChI is InChI=1S/C40H44N6O5/c47-35-15-13-32(33-14-16-38(50)45-39(33)35)36(48)26-41-24-27-7-6-8-28(23-27)25-42-37(49)19-22-46-20-17-30(18-21-46)43-40(51)44-34-12-5-4-11-31(34)29-9-2-1-3-10-29/h1-16,23,30,36,41,47-48H,17-22,24-26H2,(H,42,49)(H,45,50)(H2,43,44,51)/t36-/m1/s1. The highest BCUT2D eigenvalue weighted by atomic mass is 16.3. The minimum Gasteiger partial charge on any atom is -0.506 e. The summed E-state index contributed by atoms with van der Waals surface area (Å²) in [6.07, 6.45) is 1.18. The number of benzene rings is 4. The number of carbonyl (C=O) groups excluding carboxylic acids is 2. The van der Waals surface area contributed by atoms with Gasteiger partial charge in [0.1, 0.15) is 5.75 Å². The van der Waals surface area contributed by atoms with Gasteiger partial charge in [-0.3, -0.25) is 9.59 Å². The summed E-state index contributed by atoms with van der Waals surface area (Å²) in [7, 11) is 0. The first kappa shape index (κ1) is 35.3. The van der Waals surface area contributed by atoms with E-state index in [4.69, 9.17) is 0 Å². The van der Waals surface area contributed by atoms with Gasteiger partial charge in [0.2, 0.25) is 11.5 Å². The molecule has 0 bridgehead atoms. The number of fused-ring (bicyclic) bond motifs is 1. The lowest BCUT2D eigenvalue weighted by Crippen LogP contribution is -2.46. The summed E-state index contributed by atoms with van der Waals surface area (Å²) in [5.74, 6) is -0.0609. The molecule has 5 aromatic rings. The molecule has 0 radical (unpaired) electrons. The van der Waals surface area contributed by atoms with Crippen LogP contribution in [0.4, 0.5) is 10.5 Å². The average Bonchev–Trinajstić information content (AvgIpc) is 3.15. The number of piperidine rings is 1. The van der Waals surface area contributed by atoms with Gasteiger partial charge in [0.05, 0.1) is 17.3 Å². The van der Waals surface area contributed by atoms with Crippen LogP contribution in [0.15, 0.2) is 108 Å². The quantitative estimate of drug-likeness (QED) is 0.0916. The number of anilines is 1. The van der Waals surface area contributed by atoms with Crippen molar-refractivity contribution in [2.45, 2.75) is 44.5 Å². The van der Waals surface area contributed by atoms with E-state index in [1.807, 2.05) is 78.9 Å². The Hall–Kier alpha value is -5.49. The predicted molar refractivity (Wildman–Crippen MR) is 199 cm³/mol. The smallest absolute Gasteiger partial charge is 0.319 e. The number of carbonyl (C=O) groups is 2. The molecule has 2 heterocycles. The number of hydrogen-bond donors (Lipinski definition) is 7. The number of nitrogens with one attached hydrogen (secondary N) is 5. The van der Waals surface area contributed by atoms with Crippen LogP contribution in [0, 0.1) is 0 Å². The number of H-pyrrole nitrogens is 1. The van der Waals surface area contributed by atoms with Crippen molar-refractivity contribution in [2.75, 3.05) is 31.5 Å². The Balaban J connectivity index is 0.885. The van der Waals surface area contributed by atoms with Crippen LogP contribution in [0.25, 0.3) is 22.0 Å². The molecule has 1 atom stereocenters. The van der Waals surface area contributed by atoms with E-state index < -0.39 is 6.10 Å². The molecular formula is C40H44N6O5. The van der Waals surface area contributed by atoms with Crippen molar-refractivity contribution >= 4 is 28.5 Å². The number of aromatic amines is 1. The largest absolute Gasteiger partial charge is 0.506 e. The van der Waals surface area contributed by atoms with Gasteiger partial charge in [0.15, 0.2) is 0 Å². The highest BCUT2D eigenvalue weighted by Crippen LogP contribution is 2.29. The maximum Gasteiger partial charge on any atom is 0.319 e. The third kappa shape index (κ3) is 9.61. The number of amides is 3. The van der Waals surface area contributed by atoms with Crippen LogP contribution < -0.4 is 26.8 Å². The van der Waals surface area contributed by atoms with Gasteiger partial charge in [-0.25, -0.2) is 4.79 Å². The van der Waals surface area contributed by atoms with E-state index >= 15 is 0 Å². The molecule has 11 heteroatoms. The van der Waals surface area contributed by atoms with Gasteiger partial charge in [0, 0.05) is 68.7 Å². The second-order valence-electron chi connectivity index (χ2n) is 12.9. The Bertz CT molecular complexity index is 2010. The molecule has 4 aromatic carbocycles. The van der Waals surface area contributed by atoms with Gasteiger partial charge in [-0.1, -0.05) is 78.9 Å². The van der Waals surface area contributed by atoms with Crippen LogP contribution in [-0.4, -0.2) is 64.3 Å². The summed E-state index contributed by atoms with van der Waals surface area (Å²) in [5.41, 5.74) is 5.36. The molecule has 0 spiro atoms. The fraction of sp³-hybridized carbons (Fsp3) is 0.275. The molecule has 0 unspecified atom stereocenters. The number of aliphatic hydroxyl groups excluding tert-OH is 1. The lowest BCUT2D eigenvalue weighted by molar-refractivity contribution is -0.121. The second kappa shape index (κ2) is 16.9. The number of likely N-dealkylation sites (tertiary alicyclic amines) is 1. The van der Waals surface area contributed by atoms with E-state index in [9.17, 15) is 24.6 Å². The summed E-state index contributed by atoms with van der Waals surface area (Å²) < 4.78 is 0. The zero-order valence-corrected chi connectivity index (χ0v) is 28.4. The van der Waals surface area contributed by atoms with Crippen LogP contribution in [0.1, 0.15) is 42.1 Å². The van der Waals surface area contributed by atoms with Gasteiger partial charge in [0.25, 0.3) is 0 Å². The molecule has 264 valence electrons. The molecule has 51 heavy (non-hydrogen) atoms. The van der Waals surface area contributed by atoms with E-state index in [0.29, 0.717) is 42.5 Å². The molecule has 3 amide bonds. The van der Waals surface area contributed by atoms with Crippen molar-refractivity contribution in [2.24, 2.45) is 0 Å². The number of rotatable bonds is 13. The van der Waals surface area contributed by atoms with E-state index in [1.54, 1.807) is 12.1 Å². The third-order valence-electron chi connectivity index (χ3n) is 9.25. The molecule has 1 aliphatic heterocycles. The lowest BCUT2D eigenvalue weighted by Gasteiger charge is -2.32. The van der Waals surface area contributed by atoms with Gasteiger partial charge in [-0.15, -0.1) is 0 Å². The van der Waals surface area contributed by atoms with Gasteiger partial charge < -0.3 is 41.4 Å². The minimum absolute atomic E-state index is 0.0131. The van der Waals surface area contributed by atoms with E-state index in [0.717, 1.165) is 53.9 Å². The number of hydrogen-bond acceptors (Lipinski definition) is 7. The van der Waals surface area contributed by atoms with Crippen molar-refractivity contribution < 1.29 is 19.8 Å². The monoisotopic (exact) mass is 688 g/mol. The highest BCUT2D eigenvalue weighted by molar-refractivity contribution is 5.94. The zero-order chi connectivity index (χ0) is 35.6. The predicted octanol–water partition coefficient (Wildman–Crippen LogP) is 5.02. The number of pyridine rings is 1. The Kier molecular flexibility index (Phi) is 11.7. The number of aromatic hydroxyl groups is 1. The third-order valence-corrected chi connectivity index (χ3v) is 9.25. The highest BCUT2D eigenvalue weighted by Gasteiger charge is 2.21. The maximum absolute atomic E-state index is 12.8. The van der Waals surface area contributed by atoms with Crippen molar-refractivity contribution in [3.8, 4) is 16.9 Å². The Morgan fingerprint density at radius 3 is 2.41 bits per heavy atom. The average molecular weight is 689 g/mol. The van der Waals surface area contributed by atoms with Crippen LogP contribution in [0.2, 0.25) is 0 Å². The fourth-order valence-electron chi connectivity index (χ4n) is 6.52. The number of urea groups is 1. The topological polar surface area (TPSA) is 159 Å². The number of phenolic OH excluding ortho intramolecular Hbond substituents is 1. The number of phenols is 1. The first-order valence-electron chi connectivity index (χ1n) is 17.3. The normalized spacial score (nSPS) is 14.2. The van der Waals surface area contributed by atoms with Crippen LogP contribution in [0.5, 0.6) is 5.75 Å². The first-order chi connectivity index (χ1) is 24.8. The molecule has 7 N–H and O–H groups in total. The first-order valence-corrected chi connectivity index (χ1v) is 17.3. The van der Waals surface area contributed by atoms with E-state index in [-0.39, 0.29) is 35.8 Å². The number of nitrogens with zero attached hydrogens (tertiary/aromatic N) is 1. The molecule has 0 saturated carbocycles. The van der Waals surface area contributed by atoms with Crippen LogP contribution in [-0.2, 0) is 17.9 Å². The molecule has 1 fully saturated rings. The molecule has 0 aliphatic carbocycles. The lowest BCUT2D eigenvalue weighted by atomic mass is 10.0. The molecule has 11 nitrogen and oxygen atoms in total. The van der Waals surface area contributed by atoms with Crippen molar-refractivity contribution in [3.63, 3.8) is 0 Å². The maximum atomic E-state index is 12.8. The van der Waals surface area contributed by atoms with Crippen LogP contribution in [0.3, 0.4) is 0 Å². The van der Waals surface area contributed by atoms with Gasteiger partial charge in [-0.2, -0.15) is 0 Å². The summed E-state index contributed by atoms with van der Waals surface area (Å²) in [4.78, 5) is 42.1. The molecular weight excluding hydrogens is 644 g/mol. The Morgan fingerprint density at radius 1 is 0.863 bits per heavy atom.